The average Bonchev–Trinajstić information content (AvgIpc) is 1.44. The van der Waals surface area contributed by atoms with Gasteiger partial charge in [0.1, 0.15) is 0 Å². The molecule has 0 bridgehead atoms. The van der Waals surface area contributed by atoms with Crippen LogP contribution in [0.4, 0.5) is 0 Å². The van der Waals surface area contributed by atoms with Gasteiger partial charge in [0.15, 0.2) is 0 Å². The number of hydrogen-bond donors (Lipinski definition) is 0. The van der Waals surface area contributed by atoms with Gasteiger partial charge in [-0.3, -0.25) is 0 Å². The Morgan fingerprint density at radius 3 is 0.680 bits per heavy atom. The number of benzene rings is 1. The van der Waals surface area contributed by atoms with Crippen molar-refractivity contribution in [3.63, 3.8) is 0 Å². The van der Waals surface area contributed by atoms with Gasteiger partial charge in [-0.25, -0.2) is 0 Å². The van der Waals surface area contributed by atoms with Crippen molar-refractivity contribution in [2.75, 3.05) is 57.6 Å². The van der Waals surface area contributed by atoms with Crippen LogP contribution in [0.3, 0.4) is 0 Å². The van der Waals surface area contributed by atoms with E-state index in [4.69, 9.17) is 12.3 Å². The molecule has 8 nitrogen and oxygen atoms in total. The van der Waals surface area contributed by atoms with Crippen molar-refractivity contribution in [2.24, 2.45) is 16.2 Å². The van der Waals surface area contributed by atoms with Gasteiger partial charge in [0.05, 0.1) is 0 Å². The van der Waals surface area contributed by atoms with Crippen LogP contribution in [0.1, 0.15) is 299 Å². The number of fused-ring (bicyclic) bond motifs is 1. The molecule has 13 radical (unpaired) electrons. The summed E-state index contributed by atoms with van der Waals surface area (Å²) in [6.07, 6.45) is 46.7. The molecule has 13 saturated heterocycles. The van der Waals surface area contributed by atoms with Gasteiger partial charge in [-0.2, -0.15) is 0 Å². The van der Waals surface area contributed by atoms with Crippen molar-refractivity contribution in [1.29, 1.82) is 0 Å². The van der Waals surface area contributed by atoms with E-state index < -0.39 is 56.2 Å². The summed E-state index contributed by atoms with van der Waals surface area (Å²) in [7, 11) is 0. The van der Waals surface area contributed by atoms with Crippen LogP contribution in [-0.2, 0) is 26.6 Å². The molecule has 0 N–H and O–H groups in total. The van der Waals surface area contributed by atoms with E-state index in [1.54, 1.807) is 11.1 Å². The third-order valence-electron chi connectivity index (χ3n) is 24.7. The Morgan fingerprint density at radius 1 is 0.270 bits per heavy atom. The van der Waals surface area contributed by atoms with Crippen LogP contribution in [0.5, 0.6) is 0 Å². The van der Waals surface area contributed by atoms with Crippen molar-refractivity contribution < 1.29 is 31.4 Å². The summed E-state index contributed by atoms with van der Waals surface area (Å²) in [5, 5.41) is 0. The summed E-state index contributed by atoms with van der Waals surface area (Å²) in [4.78, 5) is 76.0. The third-order valence-corrected chi connectivity index (χ3v) is 83.9. The van der Waals surface area contributed by atoms with E-state index in [1.165, 1.54) is 242 Å². The van der Waals surface area contributed by atoms with Gasteiger partial charge in [-0.1, -0.05) is 0 Å². The Morgan fingerprint density at radius 2 is 0.470 bits per heavy atom. The van der Waals surface area contributed by atoms with Crippen LogP contribution in [0.15, 0.2) is 0 Å². The SMILES string of the molecule is O=C1OI(OC(=O)C(C2CCCC[I]2)(C2CCCC[I]2)C2CCCC[I]2)(OC(=O)C(C2CCCC[I]2)(C2CCCC[I]2)C2CCCC[I]2)(OC(=O)C(C2CCCC[I]2)(C2CCCC[I]2)C2CCCC[I]2)c2c1c(C1CCCC[I]1)c(C1CCCC[I]1)c(C1CCCC[I]1)c2C1CCCC[I]1. The fourth-order valence-corrected chi connectivity index (χ4v) is 90.2. The zero-order valence-corrected chi connectivity index (χ0v) is 89.5. The van der Waals surface area contributed by atoms with E-state index in [0.29, 0.717) is 47.1 Å². The maximum atomic E-state index is 19.3. The second kappa shape index (κ2) is 39.3. The Kier molecular flexibility index (Phi) is 32.4. The zero-order chi connectivity index (χ0) is 68.0. The summed E-state index contributed by atoms with van der Waals surface area (Å²) in [5.74, 6) is -0.599. The second-order valence-corrected chi connectivity index (χ2v) is 82.6. The predicted octanol–water partition coefficient (Wildman–Crippen LogP) is 27.3. The molecule has 14 heterocycles. The van der Waals surface area contributed by atoms with Gasteiger partial charge >= 0.3 is 756 Å². The van der Waals surface area contributed by atoms with E-state index in [2.05, 4.69) is 0 Å². The summed E-state index contributed by atoms with van der Waals surface area (Å²) >= 11 is -12.2. The molecule has 575 valence electrons. The molecule has 0 spiro atoms. The topological polar surface area (TPSA) is 105 Å². The van der Waals surface area contributed by atoms with E-state index in [-0.39, 0.29) is 282 Å². The second-order valence-electron chi connectivity index (χ2n) is 30.8. The molecule has 0 aliphatic carbocycles. The van der Waals surface area contributed by atoms with Crippen molar-refractivity contribution in [3.05, 3.63) is 31.4 Å². The van der Waals surface area contributed by atoms with E-state index in [9.17, 15) is 0 Å². The molecule has 14 aliphatic rings. The van der Waals surface area contributed by atoms with Crippen LogP contribution in [0, 0.1) is 19.8 Å². The Bertz CT molecular complexity index is 2590. The standard InChI is InChI=1S/C78H117I14O8/c93-72-70-68(55-29-3-16-42-81-55)66(53-27-1-14-40-79-53)67(54-28-2-15-41-80-54)69(56-30-4-17-43-82-56)71(70)92(97-72,98-73(94)76(57-31-5-18-44-83-57,58-32-6-19-45-84-58)59-33-7-20-46-85-59,99-74(95)77(60-34-8-21-47-86-60,61-35-9-22-48-87-61)62-36-10-23-49-88-62)100-75(96)78(63-37-11-24-50-89-63,64-38-12-25-51-90-64)65-39-13-26-52-91-65/h53-65H,1-52H2. The van der Waals surface area contributed by atoms with Gasteiger partial charge in [0.25, 0.3) is 0 Å². The third kappa shape index (κ3) is 17.0. The van der Waals surface area contributed by atoms with E-state index in [1.807, 2.05) is 0 Å². The first kappa shape index (κ1) is 82.4. The van der Waals surface area contributed by atoms with Crippen LogP contribution in [0.25, 0.3) is 0 Å². The molecule has 0 amide bonds. The quantitative estimate of drug-likeness (QED) is 0.0996. The summed E-state index contributed by atoms with van der Waals surface area (Å²) < 4.78 is 57.4. The number of rotatable bonds is 19. The molecular formula is C78H117I14O8. The molecule has 13 fully saturated rings. The first-order chi connectivity index (χ1) is 49.2. The van der Waals surface area contributed by atoms with Crippen molar-refractivity contribution >= 4 is 318 Å². The molecule has 100 heavy (non-hydrogen) atoms. The molecule has 0 saturated carbocycles. The van der Waals surface area contributed by atoms with E-state index in [0.717, 1.165) is 86.2 Å². The summed E-state index contributed by atoms with van der Waals surface area (Å²) in [6.45, 7) is 0. The zero-order valence-electron chi connectivity index (χ0n) is 59.3. The van der Waals surface area contributed by atoms with Crippen LogP contribution >= 0.6 is 294 Å². The van der Waals surface area contributed by atoms with Crippen molar-refractivity contribution in [3.8, 4) is 0 Å². The fraction of sp³-hybridized carbons (Fsp3) is 0.872. The van der Waals surface area contributed by atoms with Crippen LogP contribution in [-0.4, -0.2) is 117 Å². The monoisotopic (exact) mass is 2960 g/mol. The van der Waals surface area contributed by atoms with Crippen LogP contribution < -0.4 is 0 Å². The van der Waals surface area contributed by atoms with Crippen molar-refractivity contribution in [2.45, 2.75) is 301 Å². The molecule has 13 unspecified atom stereocenters. The molecule has 15 rings (SSSR count). The normalized spacial score (nSPS) is 37.0. The fourth-order valence-electron chi connectivity index (χ4n) is 19.8. The van der Waals surface area contributed by atoms with Gasteiger partial charge in [-0.15, -0.1) is 0 Å². The Labute approximate surface area is 742 Å². The summed E-state index contributed by atoms with van der Waals surface area (Å²) in [5.41, 5.74) is 4.64. The molecular weight excluding hydrogens is 2840 g/mol. The maximum absolute atomic E-state index is 19.3. The number of halogens is 14. The molecule has 0 aromatic heterocycles. The average molecular weight is 2960 g/mol. The minimum atomic E-state index is -7.70. The molecule has 14 aliphatic heterocycles. The van der Waals surface area contributed by atoms with Gasteiger partial charge in [0, 0.05) is 0 Å². The van der Waals surface area contributed by atoms with Crippen molar-refractivity contribution in [1.82, 2.24) is 0 Å². The van der Waals surface area contributed by atoms with Gasteiger partial charge in [-0.05, 0) is 0 Å². The minimum absolute atomic E-state index is 0.0887. The number of alkyl halides is 26. The molecule has 1 aromatic rings. The number of hydrogen-bond acceptors (Lipinski definition) is 8. The van der Waals surface area contributed by atoms with Gasteiger partial charge in [0.2, 0.25) is 0 Å². The Balaban J connectivity index is 1.11. The van der Waals surface area contributed by atoms with Gasteiger partial charge < -0.3 is 0 Å². The van der Waals surface area contributed by atoms with Crippen LogP contribution in [0.2, 0.25) is 0 Å². The number of carbonyl (C=O) groups excluding carboxylic acids is 4. The number of carbonyl (C=O) groups is 4. The Hall–Kier alpha value is 7.32. The first-order valence-electron chi connectivity index (χ1n) is 39.8. The molecule has 13 atom stereocenters. The van der Waals surface area contributed by atoms with E-state index >= 15 is 19.2 Å². The summed E-state index contributed by atoms with van der Waals surface area (Å²) in [6, 6.07) is 0. The molecule has 1 aromatic carbocycles. The predicted molar refractivity (Wildman–Crippen MR) is 541 cm³/mol. The molecule has 22 heteroatoms. The first-order valence-corrected chi connectivity index (χ1v) is 80.4.